The van der Waals surface area contributed by atoms with Gasteiger partial charge >= 0.3 is 0 Å². The van der Waals surface area contributed by atoms with Crippen LogP contribution in [0.2, 0.25) is 0 Å². The number of anilines is 1. The van der Waals surface area contributed by atoms with Crippen molar-refractivity contribution >= 4 is 11.7 Å². The molecule has 21 heavy (non-hydrogen) atoms. The fraction of sp³-hybridized carbons (Fsp3) is 0.643. The highest BCUT2D eigenvalue weighted by Crippen LogP contribution is 2.16. The molecule has 3 N–H and O–H groups in total. The highest BCUT2D eigenvalue weighted by Gasteiger charge is 2.26. The summed E-state index contributed by atoms with van der Waals surface area (Å²) in [6, 6.07) is 1.96. The zero-order valence-corrected chi connectivity index (χ0v) is 12.7. The monoisotopic (exact) mass is 292 g/mol. The first-order valence-electron chi connectivity index (χ1n) is 7.41. The van der Waals surface area contributed by atoms with Crippen LogP contribution in [0.15, 0.2) is 17.4 Å². The summed E-state index contributed by atoms with van der Waals surface area (Å²) in [6.07, 6.45) is 3.70. The van der Waals surface area contributed by atoms with Crippen LogP contribution in [-0.4, -0.2) is 58.1 Å². The molecule has 0 aromatic carbocycles. The number of nitrogens with two attached hydrogens (primary N) is 1. The van der Waals surface area contributed by atoms with E-state index in [1.165, 1.54) is 0 Å². The second-order valence-corrected chi connectivity index (χ2v) is 5.31. The Labute approximate surface area is 125 Å². The molecular formula is C14H24N6O. The van der Waals surface area contributed by atoms with E-state index in [4.69, 9.17) is 10.9 Å². The third-order valence-electron chi connectivity index (χ3n) is 3.86. The summed E-state index contributed by atoms with van der Waals surface area (Å²) in [4.78, 5) is 13.1. The minimum Gasteiger partial charge on any atom is -0.409 e. The predicted octanol–water partition coefficient (Wildman–Crippen LogP) is 0.822. The van der Waals surface area contributed by atoms with Crippen LogP contribution in [-0.2, 0) is 0 Å². The van der Waals surface area contributed by atoms with E-state index in [9.17, 15) is 0 Å². The van der Waals surface area contributed by atoms with Crippen molar-refractivity contribution in [2.75, 3.05) is 31.1 Å². The number of amidine groups is 1. The number of oxime groups is 1. The number of piperazine rings is 1. The van der Waals surface area contributed by atoms with Crippen LogP contribution in [0.5, 0.6) is 0 Å². The summed E-state index contributed by atoms with van der Waals surface area (Å²) in [6.45, 7) is 7.53. The van der Waals surface area contributed by atoms with E-state index in [1.807, 2.05) is 13.0 Å². The van der Waals surface area contributed by atoms with Gasteiger partial charge in [-0.1, -0.05) is 18.5 Å². The van der Waals surface area contributed by atoms with Gasteiger partial charge in [0.1, 0.15) is 11.6 Å². The molecule has 1 aromatic rings. The number of nitrogens with zero attached hydrogens (tertiary/aromatic N) is 5. The molecule has 2 rings (SSSR count). The SMILES string of the molecule is CCCC(C(N)=NO)N1CCN(c2ccnc(C)n2)CC1. The smallest absolute Gasteiger partial charge is 0.156 e. The molecule has 0 bridgehead atoms. The zero-order chi connectivity index (χ0) is 15.2. The molecule has 1 aliphatic rings. The minimum atomic E-state index is 0.0225. The molecule has 1 aliphatic heterocycles. The third kappa shape index (κ3) is 3.81. The fourth-order valence-corrected chi connectivity index (χ4v) is 2.74. The molecule has 1 aromatic heterocycles. The zero-order valence-electron chi connectivity index (χ0n) is 12.7. The van der Waals surface area contributed by atoms with Crippen molar-refractivity contribution in [3.63, 3.8) is 0 Å². The topological polar surface area (TPSA) is 90.9 Å². The molecule has 1 atom stereocenters. The summed E-state index contributed by atoms with van der Waals surface area (Å²) in [5, 5.41) is 12.1. The van der Waals surface area contributed by atoms with Crippen molar-refractivity contribution in [2.45, 2.75) is 32.7 Å². The highest BCUT2D eigenvalue weighted by atomic mass is 16.4. The first-order chi connectivity index (χ1) is 10.2. The van der Waals surface area contributed by atoms with E-state index in [2.05, 4.69) is 31.8 Å². The standard InChI is InChI=1S/C14H24N6O/c1-3-4-12(14(15)18-21)19-7-9-20(10-8-19)13-5-6-16-11(2)17-13/h5-6,12,21H,3-4,7-10H2,1-2H3,(H2,15,18). The fourth-order valence-electron chi connectivity index (χ4n) is 2.74. The van der Waals surface area contributed by atoms with E-state index in [1.54, 1.807) is 6.20 Å². The molecule has 116 valence electrons. The van der Waals surface area contributed by atoms with Crippen LogP contribution >= 0.6 is 0 Å². The molecule has 1 unspecified atom stereocenters. The lowest BCUT2D eigenvalue weighted by Crippen LogP contribution is -2.54. The number of hydrogen-bond acceptors (Lipinski definition) is 6. The molecular weight excluding hydrogens is 268 g/mol. The Balaban J connectivity index is 1.98. The molecule has 0 radical (unpaired) electrons. The molecule has 0 spiro atoms. The van der Waals surface area contributed by atoms with Gasteiger partial charge in [-0.3, -0.25) is 4.90 Å². The van der Waals surface area contributed by atoms with Gasteiger partial charge in [-0.15, -0.1) is 0 Å². The lowest BCUT2D eigenvalue weighted by molar-refractivity contribution is 0.211. The molecule has 0 aliphatic carbocycles. The van der Waals surface area contributed by atoms with Gasteiger partial charge in [0.25, 0.3) is 0 Å². The molecule has 7 nitrogen and oxygen atoms in total. The normalized spacial score (nSPS) is 18.8. The summed E-state index contributed by atoms with van der Waals surface area (Å²) in [5.41, 5.74) is 5.82. The molecule has 1 fully saturated rings. The van der Waals surface area contributed by atoms with Crippen molar-refractivity contribution in [3.05, 3.63) is 18.1 Å². The number of hydrogen-bond donors (Lipinski definition) is 2. The Morgan fingerprint density at radius 3 is 2.71 bits per heavy atom. The van der Waals surface area contributed by atoms with Gasteiger partial charge in [-0.2, -0.15) is 0 Å². The van der Waals surface area contributed by atoms with Gasteiger partial charge < -0.3 is 15.8 Å². The van der Waals surface area contributed by atoms with Crippen LogP contribution in [0.4, 0.5) is 5.82 Å². The van der Waals surface area contributed by atoms with Crippen molar-refractivity contribution in [1.29, 1.82) is 0 Å². The highest BCUT2D eigenvalue weighted by molar-refractivity contribution is 5.85. The maximum atomic E-state index is 8.93. The van der Waals surface area contributed by atoms with Gasteiger partial charge in [0.05, 0.1) is 6.04 Å². The largest absolute Gasteiger partial charge is 0.409 e. The maximum Gasteiger partial charge on any atom is 0.156 e. The predicted molar refractivity (Wildman–Crippen MR) is 82.7 cm³/mol. The van der Waals surface area contributed by atoms with Crippen molar-refractivity contribution < 1.29 is 5.21 Å². The second kappa shape index (κ2) is 7.21. The Kier molecular flexibility index (Phi) is 5.32. The van der Waals surface area contributed by atoms with E-state index < -0.39 is 0 Å². The molecule has 2 heterocycles. The van der Waals surface area contributed by atoms with E-state index in [-0.39, 0.29) is 6.04 Å². The second-order valence-electron chi connectivity index (χ2n) is 5.31. The van der Waals surface area contributed by atoms with Crippen molar-refractivity contribution in [1.82, 2.24) is 14.9 Å². The average molecular weight is 292 g/mol. The number of rotatable bonds is 5. The quantitative estimate of drug-likeness (QED) is 0.361. The number of aryl methyl sites for hydroxylation is 1. The van der Waals surface area contributed by atoms with Crippen LogP contribution < -0.4 is 10.6 Å². The summed E-state index contributed by atoms with van der Waals surface area (Å²) < 4.78 is 0. The Morgan fingerprint density at radius 1 is 1.43 bits per heavy atom. The Bertz CT molecular complexity index is 484. The maximum absolute atomic E-state index is 8.93. The first kappa shape index (κ1) is 15.5. The minimum absolute atomic E-state index is 0.0225. The van der Waals surface area contributed by atoms with Crippen LogP contribution in [0, 0.1) is 6.92 Å². The molecule has 0 saturated carbocycles. The van der Waals surface area contributed by atoms with Gasteiger partial charge in [0.15, 0.2) is 5.84 Å². The first-order valence-corrected chi connectivity index (χ1v) is 7.41. The van der Waals surface area contributed by atoms with Crippen LogP contribution in [0.1, 0.15) is 25.6 Å². The Hall–Kier alpha value is -1.89. The van der Waals surface area contributed by atoms with Gasteiger partial charge in [-0.25, -0.2) is 9.97 Å². The molecule has 0 amide bonds. The summed E-state index contributed by atoms with van der Waals surface area (Å²) in [5.74, 6) is 2.07. The Morgan fingerprint density at radius 2 is 2.14 bits per heavy atom. The third-order valence-corrected chi connectivity index (χ3v) is 3.86. The average Bonchev–Trinajstić information content (AvgIpc) is 2.52. The van der Waals surface area contributed by atoms with Crippen LogP contribution in [0.25, 0.3) is 0 Å². The van der Waals surface area contributed by atoms with E-state index in [0.29, 0.717) is 5.84 Å². The van der Waals surface area contributed by atoms with Gasteiger partial charge in [-0.05, 0) is 19.4 Å². The lowest BCUT2D eigenvalue weighted by Gasteiger charge is -2.39. The van der Waals surface area contributed by atoms with Gasteiger partial charge in [0, 0.05) is 32.4 Å². The van der Waals surface area contributed by atoms with Crippen molar-refractivity contribution in [2.24, 2.45) is 10.9 Å². The van der Waals surface area contributed by atoms with Gasteiger partial charge in [0.2, 0.25) is 0 Å². The molecule has 7 heteroatoms. The van der Waals surface area contributed by atoms with Crippen LogP contribution in [0.3, 0.4) is 0 Å². The van der Waals surface area contributed by atoms with E-state index >= 15 is 0 Å². The summed E-state index contributed by atoms with van der Waals surface area (Å²) >= 11 is 0. The van der Waals surface area contributed by atoms with Crippen molar-refractivity contribution in [3.8, 4) is 0 Å². The summed E-state index contributed by atoms with van der Waals surface area (Å²) in [7, 11) is 0. The number of aromatic nitrogens is 2. The molecule has 1 saturated heterocycles. The lowest BCUT2D eigenvalue weighted by atomic mass is 10.1. The van der Waals surface area contributed by atoms with E-state index in [0.717, 1.165) is 50.7 Å².